The van der Waals surface area contributed by atoms with Crippen molar-refractivity contribution in [3.63, 3.8) is 0 Å². The maximum absolute atomic E-state index is 12.4. The molecule has 0 aromatic carbocycles. The Morgan fingerprint density at radius 3 is 2.55 bits per heavy atom. The van der Waals surface area contributed by atoms with Gasteiger partial charge in [0.1, 0.15) is 0 Å². The molecule has 0 spiro atoms. The highest BCUT2D eigenvalue weighted by molar-refractivity contribution is 6.75. The molecular formula is C16H27BN2O3. The maximum atomic E-state index is 12.4. The summed E-state index contributed by atoms with van der Waals surface area (Å²) in [6.07, 6.45) is 7.57. The van der Waals surface area contributed by atoms with E-state index in [1.807, 2.05) is 45.9 Å². The van der Waals surface area contributed by atoms with E-state index >= 15 is 0 Å². The van der Waals surface area contributed by atoms with Crippen molar-refractivity contribution in [2.24, 2.45) is 5.41 Å². The standard InChI is InChI=1S/C16H27BN2O3/c1-6-7-16(19-13(22)17-14(2,3)4)8-9-18-11-15(5,10-16)12(20)21/h6-9,17-18H,10-11H2,1-5H3,(H,19,22)(H,20,21). The van der Waals surface area contributed by atoms with Crippen LogP contribution >= 0.6 is 0 Å². The highest BCUT2D eigenvalue weighted by atomic mass is 16.4. The van der Waals surface area contributed by atoms with Crippen LogP contribution < -0.4 is 10.6 Å². The van der Waals surface area contributed by atoms with Gasteiger partial charge in [-0.2, -0.15) is 0 Å². The fourth-order valence-electron chi connectivity index (χ4n) is 2.73. The molecule has 0 aromatic rings. The minimum Gasteiger partial charge on any atom is -0.481 e. The molecule has 122 valence electrons. The number of carboxylic acids is 1. The average molecular weight is 306 g/mol. The smallest absolute Gasteiger partial charge is 0.311 e. The van der Waals surface area contributed by atoms with Crippen LogP contribution in [-0.4, -0.2) is 36.2 Å². The third-order valence-corrected chi connectivity index (χ3v) is 3.72. The lowest BCUT2D eigenvalue weighted by Gasteiger charge is -2.35. The molecule has 0 saturated carbocycles. The van der Waals surface area contributed by atoms with Crippen molar-refractivity contribution in [3.05, 3.63) is 24.4 Å². The SMILES string of the molecule is CC=CC1(NC(=O)BC(C)(C)C)C=CNCC(C)(C(=O)O)C1. The van der Waals surface area contributed by atoms with Gasteiger partial charge in [0.2, 0.25) is 7.28 Å². The molecule has 22 heavy (non-hydrogen) atoms. The van der Waals surface area contributed by atoms with Gasteiger partial charge < -0.3 is 15.7 Å². The van der Waals surface area contributed by atoms with Gasteiger partial charge in [0.15, 0.2) is 5.81 Å². The van der Waals surface area contributed by atoms with Crippen LogP contribution in [0.15, 0.2) is 24.4 Å². The Kier molecular flexibility index (Phi) is 5.49. The minimum absolute atomic E-state index is 0.0788. The number of hydrogen-bond acceptors (Lipinski definition) is 3. The summed E-state index contributed by atoms with van der Waals surface area (Å²) in [5, 5.41) is 15.4. The van der Waals surface area contributed by atoms with Crippen LogP contribution in [0.25, 0.3) is 0 Å². The Balaban J connectivity index is 3.07. The number of rotatable bonds is 4. The van der Waals surface area contributed by atoms with E-state index < -0.39 is 16.9 Å². The lowest BCUT2D eigenvalue weighted by molar-refractivity contribution is -0.148. The van der Waals surface area contributed by atoms with Gasteiger partial charge in [0.25, 0.3) is 0 Å². The summed E-state index contributed by atoms with van der Waals surface area (Å²) in [4.78, 5) is 24.0. The largest absolute Gasteiger partial charge is 0.481 e. The number of amides is 1. The molecule has 0 radical (unpaired) electrons. The number of carbonyl (C=O) groups excluding carboxylic acids is 1. The van der Waals surface area contributed by atoms with E-state index in [1.165, 1.54) is 0 Å². The Bertz CT molecular complexity index is 496. The number of hydrogen-bond donors (Lipinski definition) is 3. The van der Waals surface area contributed by atoms with E-state index in [9.17, 15) is 14.7 Å². The lowest BCUT2D eigenvalue weighted by atomic mass is 9.54. The van der Waals surface area contributed by atoms with Gasteiger partial charge in [-0.05, 0) is 32.5 Å². The van der Waals surface area contributed by atoms with E-state index in [1.54, 1.807) is 13.1 Å². The second-order valence-electron chi connectivity index (χ2n) is 7.58. The zero-order valence-corrected chi connectivity index (χ0v) is 14.2. The Morgan fingerprint density at radius 1 is 1.41 bits per heavy atom. The first-order valence-electron chi connectivity index (χ1n) is 7.61. The van der Waals surface area contributed by atoms with Crippen LogP contribution in [0.4, 0.5) is 4.79 Å². The van der Waals surface area contributed by atoms with Crippen LogP contribution in [-0.2, 0) is 4.79 Å². The number of carboxylic acid groups (broad SMARTS) is 1. The molecule has 1 amide bonds. The van der Waals surface area contributed by atoms with Crippen molar-refractivity contribution in [3.8, 4) is 0 Å². The Labute approximate surface area is 133 Å². The van der Waals surface area contributed by atoms with Crippen molar-refractivity contribution in [2.45, 2.75) is 51.9 Å². The van der Waals surface area contributed by atoms with Crippen LogP contribution in [0, 0.1) is 5.41 Å². The van der Waals surface area contributed by atoms with Crippen molar-refractivity contribution >= 4 is 19.1 Å². The molecular weight excluding hydrogens is 279 g/mol. The molecule has 0 fully saturated rings. The molecule has 5 nitrogen and oxygen atoms in total. The zero-order chi connectivity index (χ0) is 17.0. The Hall–Kier alpha value is -1.72. The molecule has 0 aromatic heterocycles. The highest BCUT2D eigenvalue weighted by Crippen LogP contribution is 2.33. The molecule has 0 aliphatic carbocycles. The molecule has 1 heterocycles. The molecule has 6 heteroatoms. The Morgan fingerprint density at radius 2 is 2.05 bits per heavy atom. The van der Waals surface area contributed by atoms with Gasteiger partial charge in [-0.1, -0.05) is 38.2 Å². The van der Waals surface area contributed by atoms with Crippen LogP contribution in [0.3, 0.4) is 0 Å². The second-order valence-corrected chi connectivity index (χ2v) is 7.58. The third kappa shape index (κ3) is 4.93. The summed E-state index contributed by atoms with van der Waals surface area (Å²) in [7, 11) is 0.386. The molecule has 2 unspecified atom stereocenters. The fourth-order valence-corrected chi connectivity index (χ4v) is 2.73. The predicted molar refractivity (Wildman–Crippen MR) is 90.4 cm³/mol. The first-order valence-corrected chi connectivity index (χ1v) is 7.61. The maximum Gasteiger partial charge on any atom is 0.311 e. The monoisotopic (exact) mass is 306 g/mol. The minimum atomic E-state index is -0.960. The molecule has 0 saturated heterocycles. The van der Waals surface area contributed by atoms with Crippen LogP contribution in [0.5, 0.6) is 0 Å². The summed E-state index contributed by atoms with van der Waals surface area (Å²) in [5.74, 6) is -0.951. The molecule has 1 aliphatic heterocycles. The molecule has 2 atom stereocenters. The topological polar surface area (TPSA) is 78.4 Å². The normalized spacial score (nSPS) is 28.8. The third-order valence-electron chi connectivity index (χ3n) is 3.72. The summed E-state index contributed by atoms with van der Waals surface area (Å²) < 4.78 is 0. The van der Waals surface area contributed by atoms with E-state index in [4.69, 9.17) is 0 Å². The van der Waals surface area contributed by atoms with Gasteiger partial charge in [-0.15, -0.1) is 0 Å². The number of nitrogens with one attached hydrogen (secondary N) is 2. The molecule has 0 bridgehead atoms. The molecule has 1 aliphatic rings. The van der Waals surface area contributed by atoms with Crippen molar-refractivity contribution < 1.29 is 14.7 Å². The van der Waals surface area contributed by atoms with E-state index in [0.29, 0.717) is 20.2 Å². The van der Waals surface area contributed by atoms with E-state index in [0.717, 1.165) is 0 Å². The summed E-state index contributed by atoms with van der Waals surface area (Å²) >= 11 is 0. The zero-order valence-electron chi connectivity index (χ0n) is 14.2. The summed E-state index contributed by atoms with van der Waals surface area (Å²) in [5.41, 5.74) is -1.74. The van der Waals surface area contributed by atoms with E-state index in [2.05, 4.69) is 10.6 Å². The number of aliphatic carboxylic acids is 1. The highest BCUT2D eigenvalue weighted by Gasteiger charge is 2.43. The van der Waals surface area contributed by atoms with Gasteiger partial charge in [-0.25, -0.2) is 0 Å². The fraction of sp³-hybridized carbons (Fsp3) is 0.625. The first kappa shape index (κ1) is 18.3. The summed E-state index contributed by atoms with van der Waals surface area (Å²) in [6, 6.07) is 0. The van der Waals surface area contributed by atoms with Gasteiger partial charge >= 0.3 is 5.97 Å². The van der Waals surface area contributed by atoms with Gasteiger partial charge in [0.05, 0.1) is 11.0 Å². The lowest BCUT2D eigenvalue weighted by Crippen LogP contribution is -2.52. The first-order chi connectivity index (χ1) is 10.0. The molecule has 3 N–H and O–H groups in total. The predicted octanol–water partition coefficient (Wildman–Crippen LogP) is 2.26. The number of carbonyl (C=O) groups is 2. The summed E-state index contributed by atoms with van der Waals surface area (Å²) in [6.45, 7) is 9.89. The van der Waals surface area contributed by atoms with E-state index in [-0.39, 0.29) is 11.1 Å². The number of allylic oxidation sites excluding steroid dienone is 1. The van der Waals surface area contributed by atoms with Crippen LogP contribution in [0.2, 0.25) is 5.31 Å². The van der Waals surface area contributed by atoms with Gasteiger partial charge in [0, 0.05) is 6.54 Å². The van der Waals surface area contributed by atoms with Crippen molar-refractivity contribution in [1.29, 1.82) is 0 Å². The van der Waals surface area contributed by atoms with Crippen molar-refractivity contribution in [2.75, 3.05) is 6.54 Å². The molecule has 1 rings (SSSR count). The van der Waals surface area contributed by atoms with Gasteiger partial charge in [-0.3, -0.25) is 9.59 Å². The average Bonchev–Trinajstić information content (AvgIpc) is 2.47. The quantitative estimate of drug-likeness (QED) is 0.550. The van der Waals surface area contributed by atoms with Crippen molar-refractivity contribution in [1.82, 2.24) is 10.6 Å². The van der Waals surface area contributed by atoms with Crippen LogP contribution in [0.1, 0.15) is 41.0 Å². The second kappa shape index (κ2) is 6.59.